The lowest BCUT2D eigenvalue weighted by molar-refractivity contribution is 0.0545. The van der Waals surface area contributed by atoms with E-state index in [9.17, 15) is 19.5 Å². The fourth-order valence-electron chi connectivity index (χ4n) is 4.87. The van der Waals surface area contributed by atoms with Crippen molar-refractivity contribution >= 4 is 39.3 Å². The molecule has 0 saturated carbocycles. The molecular weight excluding hydrogens is 536 g/mol. The lowest BCUT2D eigenvalue weighted by atomic mass is 10.1. The quantitative estimate of drug-likeness (QED) is 0.534. The van der Waals surface area contributed by atoms with Gasteiger partial charge in [-0.3, -0.25) is 18.7 Å². The number of aliphatic hydroxyl groups excluding tert-OH is 1. The average molecular weight is 560 g/mol. The monoisotopic (exact) mass is 558 g/mol. The van der Waals surface area contributed by atoms with E-state index in [2.05, 4.69) is 15.9 Å². The molecule has 3 heterocycles. The van der Waals surface area contributed by atoms with Crippen LogP contribution in [0.25, 0.3) is 0 Å². The molecule has 2 aliphatic heterocycles. The summed E-state index contributed by atoms with van der Waals surface area (Å²) in [6.45, 7) is 2.73. The van der Waals surface area contributed by atoms with Gasteiger partial charge in [0.05, 0.1) is 36.0 Å². The van der Waals surface area contributed by atoms with E-state index in [1.54, 1.807) is 32.6 Å². The van der Waals surface area contributed by atoms with Crippen LogP contribution in [0.4, 0.5) is 0 Å². The maximum Gasteiger partial charge on any atom is 0.329 e. The van der Waals surface area contributed by atoms with Crippen LogP contribution in [0.2, 0.25) is 5.02 Å². The Bertz CT molecular complexity index is 1370. The van der Waals surface area contributed by atoms with E-state index in [4.69, 9.17) is 11.6 Å². The van der Waals surface area contributed by atoms with Gasteiger partial charge in [-0.25, -0.2) is 4.79 Å². The number of carbonyl (C=O) groups is 2. The van der Waals surface area contributed by atoms with Crippen molar-refractivity contribution < 1.29 is 14.7 Å². The number of imidazole rings is 1. The van der Waals surface area contributed by atoms with E-state index in [-0.39, 0.29) is 55.4 Å². The molecule has 0 spiro atoms. The van der Waals surface area contributed by atoms with Crippen LogP contribution in [0.1, 0.15) is 45.1 Å². The van der Waals surface area contributed by atoms with Crippen molar-refractivity contribution in [1.29, 1.82) is 0 Å². The molecule has 10 heteroatoms. The number of rotatable bonds is 3. The van der Waals surface area contributed by atoms with Crippen LogP contribution >= 0.6 is 27.5 Å². The molecule has 2 aliphatic rings. The number of carbonyl (C=O) groups excluding carboxylic acids is 2. The van der Waals surface area contributed by atoms with Crippen LogP contribution < -0.4 is 5.69 Å². The minimum Gasteiger partial charge on any atom is -0.389 e. The van der Waals surface area contributed by atoms with Crippen molar-refractivity contribution in [2.45, 2.75) is 38.7 Å². The van der Waals surface area contributed by atoms with Gasteiger partial charge < -0.3 is 14.9 Å². The van der Waals surface area contributed by atoms with Gasteiger partial charge in [-0.15, -0.1) is 0 Å². The number of halogens is 2. The molecule has 0 unspecified atom stereocenters. The summed E-state index contributed by atoms with van der Waals surface area (Å²) in [5.41, 5.74) is 1.75. The van der Waals surface area contributed by atoms with Gasteiger partial charge in [-0.2, -0.15) is 0 Å². The predicted molar refractivity (Wildman–Crippen MR) is 134 cm³/mol. The van der Waals surface area contributed by atoms with Gasteiger partial charge in [0.1, 0.15) is 5.69 Å². The molecule has 8 nitrogen and oxygen atoms in total. The number of hydrogen-bond donors (Lipinski definition) is 1. The van der Waals surface area contributed by atoms with Crippen LogP contribution in [0, 0.1) is 0 Å². The topological polar surface area (TPSA) is 87.8 Å². The summed E-state index contributed by atoms with van der Waals surface area (Å²) in [7, 11) is 0. The van der Waals surface area contributed by atoms with E-state index in [0.717, 1.165) is 5.56 Å². The zero-order valence-corrected chi connectivity index (χ0v) is 21.4. The molecule has 0 fully saturated rings. The molecule has 5 rings (SSSR count). The van der Waals surface area contributed by atoms with Crippen LogP contribution in [0.5, 0.6) is 0 Å². The second kappa shape index (κ2) is 9.29. The van der Waals surface area contributed by atoms with Crippen molar-refractivity contribution in [3.8, 4) is 0 Å². The molecule has 1 aromatic heterocycles. The molecule has 2 amide bonds. The molecule has 0 aliphatic carbocycles. The number of fused-ring (bicyclic) bond motifs is 3. The van der Waals surface area contributed by atoms with Gasteiger partial charge in [0.15, 0.2) is 0 Å². The zero-order valence-electron chi connectivity index (χ0n) is 19.0. The minimum absolute atomic E-state index is 0.0220. The van der Waals surface area contributed by atoms with Gasteiger partial charge in [0.2, 0.25) is 0 Å². The number of aromatic nitrogens is 2. The second-order valence-electron chi connectivity index (χ2n) is 8.89. The first-order valence-electron chi connectivity index (χ1n) is 11.4. The molecule has 0 bridgehead atoms. The van der Waals surface area contributed by atoms with Crippen molar-refractivity contribution in [3.63, 3.8) is 0 Å². The first-order valence-corrected chi connectivity index (χ1v) is 12.5. The van der Waals surface area contributed by atoms with Crippen molar-refractivity contribution in [1.82, 2.24) is 18.9 Å². The Morgan fingerprint density at radius 3 is 2.54 bits per heavy atom. The highest BCUT2D eigenvalue weighted by molar-refractivity contribution is 9.10. The number of aliphatic hydroxyl groups is 1. The van der Waals surface area contributed by atoms with Crippen LogP contribution in [0.15, 0.2) is 57.8 Å². The average Bonchev–Trinajstić information content (AvgIpc) is 3.05. The van der Waals surface area contributed by atoms with Crippen LogP contribution in [0.3, 0.4) is 0 Å². The van der Waals surface area contributed by atoms with E-state index in [0.29, 0.717) is 27.3 Å². The number of β-amino-alcohol motifs (C(OH)–C–C–N with tert-alkyl or cyclic N) is 1. The highest BCUT2D eigenvalue weighted by Gasteiger charge is 2.38. The molecular formula is C25H24BrClN4O4. The predicted octanol–water partition coefficient (Wildman–Crippen LogP) is 3.30. The zero-order chi connectivity index (χ0) is 24.9. The van der Waals surface area contributed by atoms with Gasteiger partial charge in [0.25, 0.3) is 11.8 Å². The summed E-state index contributed by atoms with van der Waals surface area (Å²) in [5, 5.41) is 11.1. The van der Waals surface area contributed by atoms with Crippen molar-refractivity contribution in [2.75, 3.05) is 13.1 Å². The largest absolute Gasteiger partial charge is 0.389 e. The molecule has 3 aromatic rings. The Kier molecular flexibility index (Phi) is 6.33. The molecule has 35 heavy (non-hydrogen) atoms. The van der Waals surface area contributed by atoms with Gasteiger partial charge in [0, 0.05) is 29.7 Å². The summed E-state index contributed by atoms with van der Waals surface area (Å²) < 4.78 is 3.61. The Balaban J connectivity index is 1.52. The summed E-state index contributed by atoms with van der Waals surface area (Å²) >= 11 is 9.52. The van der Waals surface area contributed by atoms with Crippen molar-refractivity contribution in [3.05, 3.63) is 91.0 Å². The van der Waals surface area contributed by atoms with Gasteiger partial charge >= 0.3 is 5.69 Å². The van der Waals surface area contributed by atoms with E-state index >= 15 is 0 Å². The summed E-state index contributed by atoms with van der Waals surface area (Å²) in [4.78, 5) is 43.5. The molecule has 1 N–H and O–H groups in total. The smallest absolute Gasteiger partial charge is 0.329 e. The lowest BCUT2D eigenvalue weighted by Gasteiger charge is -2.31. The summed E-state index contributed by atoms with van der Waals surface area (Å²) in [6, 6.07) is 14.3. The third-order valence-corrected chi connectivity index (χ3v) is 7.96. The molecule has 0 radical (unpaired) electrons. The molecule has 2 aromatic carbocycles. The summed E-state index contributed by atoms with van der Waals surface area (Å²) in [6.07, 6.45) is -0.892. The third-order valence-electron chi connectivity index (χ3n) is 6.73. The highest BCUT2D eigenvalue weighted by Crippen LogP contribution is 2.29. The number of benzene rings is 2. The fourth-order valence-corrected chi connectivity index (χ4v) is 5.29. The molecule has 0 saturated heterocycles. The van der Waals surface area contributed by atoms with Gasteiger partial charge in [-0.05, 0) is 46.6 Å². The minimum atomic E-state index is -0.892. The standard InChI is InChI=1S/C25H24BrClN4O4/c1-15(16-5-3-2-4-6-16)30-12-18(32)13-31-22(24(30)34)21-14-28(9-10-29(21)25(31)35)23(33)17-7-8-19(26)20(27)11-17/h2-8,11,15,18,32H,9-10,12-14H2,1H3/t15-,18-/m1/s1. The maximum absolute atomic E-state index is 13.8. The number of amides is 2. The Morgan fingerprint density at radius 1 is 1.09 bits per heavy atom. The van der Waals surface area contributed by atoms with Gasteiger partial charge in [-0.1, -0.05) is 41.9 Å². The Labute approximate surface area is 215 Å². The second-order valence-corrected chi connectivity index (χ2v) is 10.2. The first kappa shape index (κ1) is 23.8. The summed E-state index contributed by atoms with van der Waals surface area (Å²) in [5.74, 6) is -0.557. The Morgan fingerprint density at radius 2 is 1.83 bits per heavy atom. The van der Waals surface area contributed by atoms with E-state index in [1.807, 2.05) is 37.3 Å². The number of hydrogen-bond acceptors (Lipinski definition) is 4. The highest BCUT2D eigenvalue weighted by atomic mass is 79.9. The first-order chi connectivity index (χ1) is 16.8. The third kappa shape index (κ3) is 4.22. The Hall–Kier alpha value is -2.88. The van der Waals surface area contributed by atoms with E-state index < -0.39 is 6.10 Å². The SMILES string of the molecule is C[C@H](c1ccccc1)N1C[C@@H](O)Cn2c(c3n(c2=O)CCN(C(=O)c2ccc(Br)c(Cl)c2)C3)C1=O. The van der Waals surface area contributed by atoms with Crippen molar-refractivity contribution in [2.24, 2.45) is 0 Å². The van der Waals surface area contributed by atoms with Crippen LogP contribution in [-0.4, -0.2) is 55.0 Å². The lowest BCUT2D eigenvalue weighted by Crippen LogP contribution is -2.42. The van der Waals surface area contributed by atoms with E-state index in [1.165, 1.54) is 4.57 Å². The molecule has 2 atom stereocenters. The normalized spacial score (nSPS) is 18.6. The van der Waals surface area contributed by atoms with Crippen LogP contribution in [-0.2, 0) is 19.6 Å². The maximum atomic E-state index is 13.8. The number of nitrogens with zero attached hydrogens (tertiary/aromatic N) is 4. The molecule has 182 valence electrons. The fraction of sp³-hybridized carbons (Fsp3) is 0.320.